The van der Waals surface area contributed by atoms with Gasteiger partial charge < -0.3 is 15.0 Å². The monoisotopic (exact) mass is 499 g/mol. The molecular weight excluding hydrogens is 473 g/mol. The van der Waals surface area contributed by atoms with Gasteiger partial charge in [-0.2, -0.15) is 10.2 Å². The third kappa shape index (κ3) is 5.78. The molecule has 1 aliphatic heterocycles. The molecule has 0 aliphatic carbocycles. The third-order valence-electron chi connectivity index (χ3n) is 6.02. The Morgan fingerprint density at radius 2 is 2.14 bits per heavy atom. The number of benzene rings is 2. The van der Waals surface area contributed by atoms with Crippen LogP contribution in [0.5, 0.6) is 5.75 Å². The van der Waals surface area contributed by atoms with E-state index >= 15 is 0 Å². The van der Waals surface area contributed by atoms with Gasteiger partial charge >= 0.3 is 0 Å². The highest BCUT2D eigenvalue weighted by Gasteiger charge is 2.18. The van der Waals surface area contributed by atoms with Crippen LogP contribution in [0.15, 0.2) is 64.5 Å². The second kappa shape index (κ2) is 10.7. The van der Waals surface area contributed by atoms with E-state index in [2.05, 4.69) is 59.3 Å². The van der Waals surface area contributed by atoms with Gasteiger partial charge in [-0.3, -0.25) is 0 Å². The molecule has 1 saturated heterocycles. The van der Waals surface area contributed by atoms with Crippen molar-refractivity contribution in [1.29, 1.82) is 5.26 Å². The molecule has 1 N–H and O–H groups in total. The number of hydrogen-bond donors (Lipinski definition) is 1. The second-order valence-electron chi connectivity index (χ2n) is 8.93. The van der Waals surface area contributed by atoms with Crippen LogP contribution in [0.1, 0.15) is 18.4 Å². The molecule has 35 heavy (non-hydrogen) atoms. The summed E-state index contributed by atoms with van der Waals surface area (Å²) in [6, 6.07) is 18.6. The van der Waals surface area contributed by atoms with Crippen molar-refractivity contribution in [3.8, 4) is 11.8 Å². The molecule has 5 rings (SSSR count). The van der Waals surface area contributed by atoms with E-state index in [1.807, 2.05) is 30.3 Å². The van der Waals surface area contributed by atoms with E-state index in [4.69, 9.17) is 4.74 Å². The first-order valence-electron chi connectivity index (χ1n) is 11.7. The fourth-order valence-electron chi connectivity index (χ4n) is 4.27. The summed E-state index contributed by atoms with van der Waals surface area (Å²) in [7, 11) is 4.24. The van der Waals surface area contributed by atoms with Gasteiger partial charge in [0.2, 0.25) is 0 Å². The molecule has 0 bridgehead atoms. The number of fused-ring (bicyclic) bond motifs is 1. The van der Waals surface area contributed by atoms with Gasteiger partial charge in [0, 0.05) is 29.2 Å². The van der Waals surface area contributed by atoms with Crippen molar-refractivity contribution in [3.63, 3.8) is 0 Å². The van der Waals surface area contributed by atoms with Gasteiger partial charge in [-0.05, 0) is 56.8 Å². The Morgan fingerprint density at radius 3 is 2.91 bits per heavy atom. The fourth-order valence-corrected chi connectivity index (χ4v) is 6.42. The van der Waals surface area contributed by atoms with Gasteiger partial charge in [0.1, 0.15) is 19.7 Å². The normalized spacial score (nSPS) is 16.2. The highest BCUT2D eigenvalue weighted by atomic mass is 32.2. The Labute approximate surface area is 214 Å². The molecule has 0 spiro atoms. The van der Waals surface area contributed by atoms with Gasteiger partial charge in [0.05, 0.1) is 21.8 Å². The molecule has 176 valence electrons. The summed E-state index contributed by atoms with van der Waals surface area (Å²) < 4.78 is 6.95. The molecule has 2 aromatic heterocycles. The average Bonchev–Trinajstić information content (AvgIpc) is 3.27. The van der Waals surface area contributed by atoms with E-state index in [-0.39, 0.29) is 0 Å². The smallest absolute Gasteiger partial charge is 0.189 e. The predicted octanol–water partition coefficient (Wildman–Crippen LogP) is 4.44. The molecule has 0 amide bonds. The maximum atomic E-state index is 9.67. The van der Waals surface area contributed by atoms with Crippen LogP contribution >= 0.6 is 23.1 Å². The van der Waals surface area contributed by atoms with E-state index in [0.717, 1.165) is 44.2 Å². The Bertz CT molecular complexity index is 1370. The topological polar surface area (TPSA) is 74.1 Å². The molecule has 2 aromatic carbocycles. The maximum Gasteiger partial charge on any atom is 0.189 e. The van der Waals surface area contributed by atoms with Gasteiger partial charge in [-0.1, -0.05) is 46.8 Å². The van der Waals surface area contributed by atoms with E-state index in [1.165, 1.54) is 36.2 Å². The zero-order valence-electron chi connectivity index (χ0n) is 19.8. The first kappa shape index (κ1) is 23.7. The van der Waals surface area contributed by atoms with Crippen molar-refractivity contribution in [2.75, 3.05) is 32.1 Å². The van der Waals surface area contributed by atoms with Crippen molar-refractivity contribution in [3.05, 3.63) is 60.3 Å². The molecule has 1 unspecified atom stereocenters. The van der Waals surface area contributed by atoms with Crippen LogP contribution in [0.2, 0.25) is 0 Å². The molecular formula is C26H26BN5OS2. The summed E-state index contributed by atoms with van der Waals surface area (Å²) in [5.74, 6) is 1.47. The second-order valence-corrected chi connectivity index (χ2v) is 11.0. The summed E-state index contributed by atoms with van der Waals surface area (Å²) in [6.45, 7) is 3.04. The molecule has 6 nitrogen and oxygen atoms in total. The number of likely N-dealkylation sites (tertiary alicyclic amines) is 1. The van der Waals surface area contributed by atoms with Crippen molar-refractivity contribution in [2.24, 2.45) is 5.92 Å². The van der Waals surface area contributed by atoms with E-state index < -0.39 is 0 Å². The minimum atomic E-state index is 0.560. The average molecular weight is 499 g/mol. The zero-order chi connectivity index (χ0) is 24.2. The van der Waals surface area contributed by atoms with Crippen LogP contribution < -0.4 is 15.5 Å². The highest BCUT2D eigenvalue weighted by molar-refractivity contribution is 7.99. The number of piperidine rings is 1. The molecule has 0 radical (unpaired) electrons. The molecule has 1 aliphatic rings. The number of thiazole rings is 1. The lowest BCUT2D eigenvalue weighted by atomic mass is 9.97. The van der Waals surface area contributed by atoms with Gasteiger partial charge in [-0.25, -0.2) is 4.98 Å². The summed E-state index contributed by atoms with van der Waals surface area (Å²) in [5, 5.41) is 13.8. The number of anilines is 2. The Balaban J connectivity index is 1.30. The number of ether oxygens (including phenoxy) is 1. The first-order chi connectivity index (χ1) is 17.1. The number of nitriles is 1. The summed E-state index contributed by atoms with van der Waals surface area (Å²) >= 11 is 3.09. The predicted molar refractivity (Wildman–Crippen MR) is 146 cm³/mol. The minimum absolute atomic E-state index is 0.560. The molecule has 1 atom stereocenters. The summed E-state index contributed by atoms with van der Waals surface area (Å²) in [4.78, 5) is 13.5. The lowest BCUT2D eigenvalue weighted by Gasteiger charge is -2.29. The first-order valence-corrected chi connectivity index (χ1v) is 13.3. The van der Waals surface area contributed by atoms with Gasteiger partial charge in [-0.15, -0.1) is 0 Å². The van der Waals surface area contributed by atoms with Gasteiger partial charge in [0.15, 0.2) is 10.8 Å². The number of pyridine rings is 1. The highest BCUT2D eigenvalue weighted by Crippen LogP contribution is 2.39. The van der Waals surface area contributed by atoms with Crippen LogP contribution in [-0.2, 0) is 0 Å². The molecule has 9 heteroatoms. The van der Waals surface area contributed by atoms with Crippen molar-refractivity contribution in [2.45, 2.75) is 22.6 Å². The van der Waals surface area contributed by atoms with Crippen molar-refractivity contribution >= 4 is 57.6 Å². The number of rotatable bonds is 7. The quantitative estimate of drug-likeness (QED) is 0.377. The SMILES string of the molecule is Bc1cccc(Sc2c(C#N)cnc3nc(Nc4ccc(OCC5CCCN(C)C5)cc4)sc23)c1. The molecule has 0 saturated carbocycles. The minimum Gasteiger partial charge on any atom is -0.493 e. The number of hydrogen-bond acceptors (Lipinski definition) is 8. The zero-order valence-corrected chi connectivity index (χ0v) is 21.5. The van der Waals surface area contributed by atoms with E-state index in [0.29, 0.717) is 17.1 Å². The maximum absolute atomic E-state index is 9.67. The van der Waals surface area contributed by atoms with Crippen molar-refractivity contribution in [1.82, 2.24) is 14.9 Å². The molecule has 4 aromatic rings. The Hall–Kier alpha value is -3.06. The van der Waals surface area contributed by atoms with Crippen LogP contribution in [0.25, 0.3) is 10.3 Å². The standard InChI is InChI=1S/C26H26BN5OS2/c1-32-11-3-4-17(15-32)16-33-21-9-7-20(8-10-21)30-26-31-25-24(35-26)23(18(13-28)14-29-25)34-22-6-2-5-19(27)12-22/h2,5-10,12,14,17H,3-4,11,15-16,27H2,1H3,(H,29,30,31). The summed E-state index contributed by atoms with van der Waals surface area (Å²) in [5.41, 5.74) is 3.32. The number of aromatic nitrogens is 2. The molecule has 3 heterocycles. The van der Waals surface area contributed by atoms with Crippen LogP contribution in [0.4, 0.5) is 10.8 Å². The van der Waals surface area contributed by atoms with Gasteiger partial charge in [0.25, 0.3) is 0 Å². The van der Waals surface area contributed by atoms with Crippen molar-refractivity contribution < 1.29 is 4.74 Å². The largest absolute Gasteiger partial charge is 0.493 e. The van der Waals surface area contributed by atoms with Crippen LogP contribution in [-0.4, -0.2) is 49.5 Å². The number of nitrogens with one attached hydrogen (secondary N) is 1. The lowest BCUT2D eigenvalue weighted by molar-refractivity contribution is 0.150. The van der Waals surface area contributed by atoms with E-state index in [1.54, 1.807) is 18.0 Å². The van der Waals surface area contributed by atoms with Crippen LogP contribution in [0.3, 0.4) is 0 Å². The van der Waals surface area contributed by atoms with E-state index in [9.17, 15) is 5.26 Å². The Morgan fingerprint density at radius 1 is 1.29 bits per heavy atom. The van der Waals surface area contributed by atoms with Crippen LogP contribution in [0, 0.1) is 17.2 Å². The third-order valence-corrected chi connectivity index (χ3v) is 8.24. The number of nitrogens with zero attached hydrogens (tertiary/aromatic N) is 4. The fraction of sp³-hybridized carbons (Fsp3) is 0.269. The Kier molecular flexibility index (Phi) is 7.23. The molecule has 1 fully saturated rings. The lowest BCUT2D eigenvalue weighted by Crippen LogP contribution is -2.34. The summed E-state index contributed by atoms with van der Waals surface area (Å²) in [6.07, 6.45) is 4.08.